The fourth-order valence-corrected chi connectivity index (χ4v) is 1.52. The SMILES string of the molecule is Cc1ccc([N+](=O)[O-])c(Oc2ncccc2C#N)c1. The van der Waals surface area contributed by atoms with Gasteiger partial charge in [-0.25, -0.2) is 4.98 Å². The molecule has 2 aromatic rings. The first-order valence-corrected chi connectivity index (χ1v) is 5.40. The number of aromatic nitrogens is 1. The molecule has 0 saturated heterocycles. The van der Waals surface area contributed by atoms with Crippen LogP contribution in [0, 0.1) is 28.4 Å². The van der Waals surface area contributed by atoms with Crippen LogP contribution in [0.1, 0.15) is 11.1 Å². The normalized spacial score (nSPS) is 9.68. The van der Waals surface area contributed by atoms with Gasteiger partial charge in [0.1, 0.15) is 11.6 Å². The van der Waals surface area contributed by atoms with Crippen LogP contribution in [0.4, 0.5) is 5.69 Å². The Balaban J connectivity index is 2.46. The fraction of sp³-hybridized carbons (Fsp3) is 0.0769. The lowest BCUT2D eigenvalue weighted by molar-refractivity contribution is -0.385. The molecule has 1 aromatic heterocycles. The number of hydrogen-bond acceptors (Lipinski definition) is 5. The van der Waals surface area contributed by atoms with Crippen LogP contribution in [0.3, 0.4) is 0 Å². The molecule has 0 aliphatic carbocycles. The molecule has 0 saturated carbocycles. The Bertz CT molecular complexity index is 677. The van der Waals surface area contributed by atoms with E-state index in [0.717, 1.165) is 5.56 Å². The molecular formula is C13H9N3O3. The Kier molecular flexibility index (Phi) is 3.39. The highest BCUT2D eigenvalue weighted by molar-refractivity contribution is 5.51. The van der Waals surface area contributed by atoms with E-state index in [1.165, 1.54) is 24.4 Å². The lowest BCUT2D eigenvalue weighted by Gasteiger charge is -2.07. The van der Waals surface area contributed by atoms with Gasteiger partial charge in [0.05, 0.1) is 4.92 Å². The number of nitro benzene ring substituents is 1. The summed E-state index contributed by atoms with van der Waals surface area (Å²) in [6.07, 6.45) is 1.46. The second-order valence-corrected chi connectivity index (χ2v) is 3.80. The van der Waals surface area contributed by atoms with Crippen molar-refractivity contribution in [1.29, 1.82) is 5.26 Å². The Labute approximate surface area is 109 Å². The molecule has 0 N–H and O–H groups in total. The van der Waals surface area contributed by atoms with Crippen molar-refractivity contribution in [3.63, 3.8) is 0 Å². The zero-order chi connectivity index (χ0) is 13.8. The van der Waals surface area contributed by atoms with E-state index in [0.29, 0.717) is 0 Å². The molecule has 0 aliphatic heterocycles. The van der Waals surface area contributed by atoms with E-state index in [1.807, 2.05) is 6.07 Å². The second-order valence-electron chi connectivity index (χ2n) is 3.80. The van der Waals surface area contributed by atoms with Crippen molar-refractivity contribution in [2.45, 2.75) is 6.92 Å². The lowest BCUT2D eigenvalue weighted by atomic mass is 10.2. The van der Waals surface area contributed by atoms with Crippen molar-refractivity contribution >= 4 is 5.69 Å². The number of nitriles is 1. The summed E-state index contributed by atoms with van der Waals surface area (Å²) >= 11 is 0. The third-order valence-corrected chi connectivity index (χ3v) is 2.41. The minimum absolute atomic E-state index is 0.0544. The van der Waals surface area contributed by atoms with Gasteiger partial charge in [-0.3, -0.25) is 10.1 Å². The molecule has 0 bridgehead atoms. The summed E-state index contributed by atoms with van der Waals surface area (Å²) in [5, 5.41) is 19.8. The van der Waals surface area contributed by atoms with E-state index in [4.69, 9.17) is 10.00 Å². The number of nitro groups is 1. The molecule has 0 radical (unpaired) electrons. The van der Waals surface area contributed by atoms with Crippen LogP contribution in [0.2, 0.25) is 0 Å². The molecule has 6 heteroatoms. The monoisotopic (exact) mass is 255 g/mol. The molecule has 0 unspecified atom stereocenters. The van der Waals surface area contributed by atoms with E-state index in [1.54, 1.807) is 19.1 Å². The zero-order valence-corrected chi connectivity index (χ0v) is 10.0. The number of hydrogen-bond donors (Lipinski definition) is 0. The zero-order valence-electron chi connectivity index (χ0n) is 10.0. The summed E-state index contributed by atoms with van der Waals surface area (Å²) in [6.45, 7) is 1.79. The van der Waals surface area contributed by atoms with Crippen molar-refractivity contribution in [3.8, 4) is 17.7 Å². The molecule has 2 rings (SSSR count). The molecule has 6 nitrogen and oxygen atoms in total. The molecule has 94 valence electrons. The van der Waals surface area contributed by atoms with Gasteiger partial charge in [0.25, 0.3) is 0 Å². The van der Waals surface area contributed by atoms with Crippen molar-refractivity contribution in [1.82, 2.24) is 4.98 Å². The van der Waals surface area contributed by atoms with Gasteiger partial charge < -0.3 is 4.74 Å². The average Bonchev–Trinajstić information content (AvgIpc) is 2.39. The maximum Gasteiger partial charge on any atom is 0.311 e. The van der Waals surface area contributed by atoms with E-state index in [-0.39, 0.29) is 22.9 Å². The minimum Gasteiger partial charge on any atom is -0.430 e. The van der Waals surface area contributed by atoms with Gasteiger partial charge in [0.2, 0.25) is 11.6 Å². The predicted octanol–water partition coefficient (Wildman–Crippen LogP) is 2.96. The number of pyridine rings is 1. The molecule has 1 heterocycles. The molecule has 1 aromatic carbocycles. The van der Waals surface area contributed by atoms with Crippen LogP contribution in [-0.2, 0) is 0 Å². The van der Waals surface area contributed by atoms with Crippen LogP contribution in [0.15, 0.2) is 36.5 Å². The topological polar surface area (TPSA) is 89.1 Å². The number of nitrogens with zero attached hydrogens (tertiary/aromatic N) is 3. The van der Waals surface area contributed by atoms with Crippen LogP contribution >= 0.6 is 0 Å². The van der Waals surface area contributed by atoms with Crippen molar-refractivity contribution < 1.29 is 9.66 Å². The average molecular weight is 255 g/mol. The highest BCUT2D eigenvalue weighted by Gasteiger charge is 2.17. The maximum absolute atomic E-state index is 10.9. The molecule has 0 aliphatic rings. The largest absolute Gasteiger partial charge is 0.430 e. The smallest absolute Gasteiger partial charge is 0.311 e. The molecule has 19 heavy (non-hydrogen) atoms. The summed E-state index contributed by atoms with van der Waals surface area (Å²) in [4.78, 5) is 14.3. The Morgan fingerprint density at radius 3 is 2.89 bits per heavy atom. The first-order valence-electron chi connectivity index (χ1n) is 5.40. The molecule has 0 amide bonds. The second kappa shape index (κ2) is 5.14. The summed E-state index contributed by atoms with van der Waals surface area (Å²) in [7, 11) is 0. The Morgan fingerprint density at radius 1 is 1.42 bits per heavy atom. The highest BCUT2D eigenvalue weighted by Crippen LogP contribution is 2.32. The van der Waals surface area contributed by atoms with Gasteiger partial charge in [0.15, 0.2) is 0 Å². The molecular weight excluding hydrogens is 246 g/mol. The highest BCUT2D eigenvalue weighted by atomic mass is 16.6. The van der Waals surface area contributed by atoms with Crippen LogP contribution in [-0.4, -0.2) is 9.91 Å². The van der Waals surface area contributed by atoms with Crippen LogP contribution in [0.25, 0.3) is 0 Å². The Morgan fingerprint density at radius 2 is 2.21 bits per heavy atom. The van der Waals surface area contributed by atoms with Crippen molar-refractivity contribution in [2.24, 2.45) is 0 Å². The first kappa shape index (κ1) is 12.5. The van der Waals surface area contributed by atoms with Gasteiger partial charge in [-0.1, -0.05) is 6.07 Å². The van der Waals surface area contributed by atoms with E-state index in [2.05, 4.69) is 4.98 Å². The predicted molar refractivity (Wildman–Crippen MR) is 66.9 cm³/mol. The van der Waals surface area contributed by atoms with Crippen molar-refractivity contribution in [3.05, 3.63) is 57.8 Å². The van der Waals surface area contributed by atoms with Gasteiger partial charge in [-0.2, -0.15) is 5.26 Å². The fourth-order valence-electron chi connectivity index (χ4n) is 1.52. The summed E-state index contributed by atoms with van der Waals surface area (Å²) < 4.78 is 5.40. The summed E-state index contributed by atoms with van der Waals surface area (Å²) in [5.74, 6) is 0.124. The third kappa shape index (κ3) is 2.66. The van der Waals surface area contributed by atoms with Crippen molar-refractivity contribution in [2.75, 3.05) is 0 Å². The molecule has 0 fully saturated rings. The van der Waals surface area contributed by atoms with Crippen LogP contribution in [0.5, 0.6) is 11.6 Å². The third-order valence-electron chi connectivity index (χ3n) is 2.41. The maximum atomic E-state index is 10.9. The number of benzene rings is 1. The minimum atomic E-state index is -0.538. The van der Waals surface area contributed by atoms with Gasteiger partial charge >= 0.3 is 5.69 Å². The first-order chi connectivity index (χ1) is 9.11. The van der Waals surface area contributed by atoms with E-state index in [9.17, 15) is 10.1 Å². The molecule has 0 atom stereocenters. The van der Waals surface area contributed by atoms with E-state index >= 15 is 0 Å². The quantitative estimate of drug-likeness (QED) is 0.621. The summed E-state index contributed by atoms with van der Waals surface area (Å²) in [5.41, 5.74) is 0.869. The van der Waals surface area contributed by atoms with Crippen LogP contribution < -0.4 is 4.74 Å². The van der Waals surface area contributed by atoms with Gasteiger partial charge in [0, 0.05) is 12.3 Å². The Hall–Kier alpha value is -2.94. The van der Waals surface area contributed by atoms with E-state index < -0.39 is 4.92 Å². The van der Waals surface area contributed by atoms with Gasteiger partial charge in [-0.15, -0.1) is 0 Å². The number of aryl methyl sites for hydroxylation is 1. The standard InChI is InChI=1S/C13H9N3O3/c1-9-4-5-11(16(17)18)12(7-9)19-13-10(8-14)3-2-6-15-13/h2-7H,1H3. The number of rotatable bonds is 3. The lowest BCUT2D eigenvalue weighted by Crippen LogP contribution is -1.96. The molecule has 0 spiro atoms. The number of ether oxygens (including phenoxy) is 1. The summed E-state index contributed by atoms with van der Waals surface area (Å²) in [6, 6.07) is 9.56. The van der Waals surface area contributed by atoms with Gasteiger partial charge in [-0.05, 0) is 30.7 Å².